The van der Waals surface area contributed by atoms with Gasteiger partial charge in [-0.05, 0) is 44.0 Å². The van der Waals surface area contributed by atoms with Crippen LogP contribution in [-0.2, 0) is 4.74 Å². The molecule has 0 bridgehead atoms. The van der Waals surface area contributed by atoms with E-state index in [4.69, 9.17) is 9.72 Å². The molecule has 0 N–H and O–H groups in total. The first-order valence-electron chi connectivity index (χ1n) is 8.55. The van der Waals surface area contributed by atoms with Crippen molar-refractivity contribution >= 4 is 22.7 Å². The first kappa shape index (κ1) is 16.4. The van der Waals surface area contributed by atoms with Crippen molar-refractivity contribution in [2.45, 2.75) is 31.0 Å². The van der Waals surface area contributed by atoms with Crippen LogP contribution in [-0.4, -0.2) is 28.0 Å². The van der Waals surface area contributed by atoms with E-state index in [1.807, 2.05) is 55.5 Å². The van der Waals surface area contributed by atoms with Crippen molar-refractivity contribution < 1.29 is 4.74 Å². The molecule has 5 heteroatoms. The first-order chi connectivity index (χ1) is 12.2. The number of ether oxygens (including phenoxy) is 1. The lowest BCUT2D eigenvalue weighted by Gasteiger charge is -2.15. The van der Waals surface area contributed by atoms with Crippen LogP contribution in [0.25, 0.3) is 16.6 Å². The largest absolute Gasteiger partial charge is 0.377 e. The molecule has 1 unspecified atom stereocenters. The number of fused-ring (bicyclic) bond motifs is 1. The highest BCUT2D eigenvalue weighted by molar-refractivity contribution is 7.99. The van der Waals surface area contributed by atoms with E-state index in [0.29, 0.717) is 5.39 Å². The van der Waals surface area contributed by atoms with Crippen LogP contribution >= 0.6 is 11.8 Å². The Balaban J connectivity index is 1.81. The van der Waals surface area contributed by atoms with E-state index in [0.717, 1.165) is 41.6 Å². The Labute approximate surface area is 150 Å². The average molecular weight is 352 g/mol. The van der Waals surface area contributed by atoms with Gasteiger partial charge in [-0.2, -0.15) is 0 Å². The molecule has 3 aromatic rings. The van der Waals surface area contributed by atoms with Crippen LogP contribution in [0.1, 0.15) is 18.4 Å². The molecule has 2 heterocycles. The zero-order chi connectivity index (χ0) is 17.2. The Morgan fingerprint density at radius 1 is 1.20 bits per heavy atom. The van der Waals surface area contributed by atoms with Crippen LogP contribution in [0.3, 0.4) is 0 Å². The second-order valence-corrected chi connectivity index (χ2v) is 7.32. The van der Waals surface area contributed by atoms with Crippen LogP contribution in [0.5, 0.6) is 0 Å². The molecule has 0 saturated carbocycles. The second kappa shape index (κ2) is 7.02. The molecule has 0 spiro atoms. The Morgan fingerprint density at radius 2 is 2.00 bits per heavy atom. The number of hydrogen-bond acceptors (Lipinski definition) is 4. The summed E-state index contributed by atoms with van der Waals surface area (Å²) in [6, 6.07) is 15.5. The van der Waals surface area contributed by atoms with Crippen LogP contribution in [0.15, 0.2) is 58.5 Å². The van der Waals surface area contributed by atoms with Crippen molar-refractivity contribution in [2.24, 2.45) is 0 Å². The number of aryl methyl sites for hydroxylation is 1. The number of aromatic nitrogens is 2. The summed E-state index contributed by atoms with van der Waals surface area (Å²) < 4.78 is 7.44. The minimum atomic E-state index is -0.0238. The lowest BCUT2D eigenvalue weighted by molar-refractivity contribution is 0.129. The van der Waals surface area contributed by atoms with Crippen LogP contribution < -0.4 is 5.56 Å². The van der Waals surface area contributed by atoms with Gasteiger partial charge in [0.1, 0.15) is 0 Å². The van der Waals surface area contributed by atoms with Crippen LogP contribution in [0, 0.1) is 6.92 Å². The lowest BCUT2D eigenvalue weighted by atomic mass is 10.2. The molecule has 1 aliphatic rings. The zero-order valence-corrected chi connectivity index (χ0v) is 15.0. The van der Waals surface area contributed by atoms with Gasteiger partial charge in [0.05, 0.1) is 22.7 Å². The molecule has 4 rings (SSSR count). The Kier molecular flexibility index (Phi) is 4.59. The maximum absolute atomic E-state index is 13.1. The van der Waals surface area contributed by atoms with Crippen LogP contribution in [0.4, 0.5) is 0 Å². The fourth-order valence-electron chi connectivity index (χ4n) is 3.07. The molecular weight excluding hydrogens is 332 g/mol. The Hall–Kier alpha value is -2.11. The van der Waals surface area contributed by atoms with Gasteiger partial charge in [-0.3, -0.25) is 9.36 Å². The first-order valence-corrected chi connectivity index (χ1v) is 9.54. The van der Waals surface area contributed by atoms with Gasteiger partial charge < -0.3 is 4.74 Å². The van der Waals surface area contributed by atoms with Crippen molar-refractivity contribution in [3.8, 4) is 5.69 Å². The lowest BCUT2D eigenvalue weighted by Crippen LogP contribution is -2.22. The summed E-state index contributed by atoms with van der Waals surface area (Å²) in [7, 11) is 0. The number of hydrogen-bond donors (Lipinski definition) is 0. The molecule has 0 radical (unpaired) electrons. The number of nitrogens with zero attached hydrogens (tertiary/aromatic N) is 2. The highest BCUT2D eigenvalue weighted by Crippen LogP contribution is 2.25. The summed E-state index contributed by atoms with van der Waals surface area (Å²) in [5.41, 5.74) is 2.73. The summed E-state index contributed by atoms with van der Waals surface area (Å²) in [5.74, 6) is 0.816. The highest BCUT2D eigenvalue weighted by Gasteiger charge is 2.19. The minimum Gasteiger partial charge on any atom is -0.377 e. The predicted octanol–water partition coefficient (Wildman–Crippen LogP) is 3.97. The number of rotatable bonds is 4. The van der Waals surface area contributed by atoms with Gasteiger partial charge in [-0.1, -0.05) is 41.6 Å². The normalized spacial score (nSPS) is 17.2. The topological polar surface area (TPSA) is 44.1 Å². The molecule has 1 aromatic heterocycles. The van der Waals surface area contributed by atoms with E-state index in [-0.39, 0.29) is 11.7 Å². The zero-order valence-electron chi connectivity index (χ0n) is 14.1. The monoisotopic (exact) mass is 352 g/mol. The van der Waals surface area contributed by atoms with Gasteiger partial charge in [-0.25, -0.2) is 4.98 Å². The molecule has 1 fully saturated rings. The van der Waals surface area contributed by atoms with Crippen LogP contribution in [0.2, 0.25) is 0 Å². The maximum Gasteiger partial charge on any atom is 0.266 e. The van der Waals surface area contributed by atoms with E-state index in [1.54, 1.807) is 16.3 Å². The number of benzene rings is 2. The van der Waals surface area contributed by atoms with E-state index < -0.39 is 0 Å². The highest BCUT2D eigenvalue weighted by atomic mass is 32.2. The Morgan fingerprint density at radius 3 is 2.76 bits per heavy atom. The molecule has 25 heavy (non-hydrogen) atoms. The molecule has 1 aliphatic heterocycles. The third-order valence-electron chi connectivity index (χ3n) is 4.46. The van der Waals surface area contributed by atoms with E-state index in [2.05, 4.69) is 0 Å². The average Bonchev–Trinajstić information content (AvgIpc) is 3.15. The van der Waals surface area contributed by atoms with Crippen molar-refractivity contribution in [1.29, 1.82) is 0 Å². The SMILES string of the molecule is Cc1ccc(-n2c(SCC3CCCO3)nc3ccccc3c2=O)cc1. The van der Waals surface area contributed by atoms with Gasteiger partial charge in [0, 0.05) is 12.4 Å². The minimum absolute atomic E-state index is 0.0238. The van der Waals surface area contributed by atoms with Gasteiger partial charge in [0.25, 0.3) is 5.56 Å². The van der Waals surface area contributed by atoms with Gasteiger partial charge in [-0.15, -0.1) is 0 Å². The molecule has 4 nitrogen and oxygen atoms in total. The van der Waals surface area contributed by atoms with E-state index in [9.17, 15) is 4.79 Å². The van der Waals surface area contributed by atoms with Crippen molar-refractivity contribution in [3.63, 3.8) is 0 Å². The van der Waals surface area contributed by atoms with E-state index >= 15 is 0 Å². The predicted molar refractivity (Wildman–Crippen MR) is 102 cm³/mol. The molecule has 1 atom stereocenters. The summed E-state index contributed by atoms with van der Waals surface area (Å²) in [6.07, 6.45) is 2.44. The quantitative estimate of drug-likeness (QED) is 0.526. The maximum atomic E-state index is 13.1. The summed E-state index contributed by atoms with van der Waals surface area (Å²) in [4.78, 5) is 17.9. The fraction of sp³-hybridized carbons (Fsp3) is 0.300. The molecule has 0 aliphatic carbocycles. The van der Waals surface area contributed by atoms with Gasteiger partial charge in [0.2, 0.25) is 0 Å². The Bertz CT molecular complexity index is 944. The molecule has 2 aromatic carbocycles. The third-order valence-corrected chi connectivity index (χ3v) is 5.53. The van der Waals surface area contributed by atoms with Gasteiger partial charge >= 0.3 is 0 Å². The summed E-state index contributed by atoms with van der Waals surface area (Å²) >= 11 is 1.60. The molecule has 128 valence electrons. The molecule has 1 saturated heterocycles. The fourth-order valence-corrected chi connectivity index (χ4v) is 4.15. The number of para-hydroxylation sites is 1. The third kappa shape index (κ3) is 3.34. The van der Waals surface area contributed by atoms with Crippen molar-refractivity contribution in [3.05, 3.63) is 64.4 Å². The standard InChI is InChI=1S/C20H20N2O2S/c1-14-8-10-15(11-9-14)22-19(23)17-6-2-3-7-18(17)21-20(22)25-13-16-5-4-12-24-16/h2-3,6-11,16H,4-5,12-13H2,1H3. The smallest absolute Gasteiger partial charge is 0.266 e. The van der Waals surface area contributed by atoms with Crippen molar-refractivity contribution in [2.75, 3.05) is 12.4 Å². The van der Waals surface area contributed by atoms with Gasteiger partial charge in [0.15, 0.2) is 5.16 Å². The summed E-state index contributed by atoms with van der Waals surface area (Å²) in [6.45, 7) is 2.87. The number of thioether (sulfide) groups is 1. The second-order valence-electron chi connectivity index (χ2n) is 6.33. The summed E-state index contributed by atoms with van der Waals surface area (Å²) in [5, 5.41) is 1.37. The molecule has 0 amide bonds. The van der Waals surface area contributed by atoms with E-state index in [1.165, 1.54) is 5.56 Å². The van der Waals surface area contributed by atoms with Crippen molar-refractivity contribution in [1.82, 2.24) is 9.55 Å². The molecular formula is C20H20N2O2S.